The van der Waals surface area contributed by atoms with Crippen LogP contribution in [-0.4, -0.2) is 43.0 Å². The molecule has 5 nitrogen and oxygen atoms in total. The molecule has 1 fully saturated rings. The van der Waals surface area contributed by atoms with Crippen LogP contribution in [0.5, 0.6) is 0 Å². The van der Waals surface area contributed by atoms with Crippen LogP contribution in [0, 0.1) is 0 Å². The third kappa shape index (κ3) is 5.67. The molecule has 22 heavy (non-hydrogen) atoms. The average molecular weight is 368 g/mol. The zero-order valence-electron chi connectivity index (χ0n) is 12.6. The quantitative estimate of drug-likeness (QED) is 0.726. The van der Waals surface area contributed by atoms with E-state index in [1.54, 1.807) is 0 Å². The monoisotopic (exact) mass is 367 g/mol. The van der Waals surface area contributed by atoms with Gasteiger partial charge in [0, 0.05) is 37.1 Å². The van der Waals surface area contributed by atoms with Gasteiger partial charge >= 0.3 is 6.03 Å². The van der Waals surface area contributed by atoms with Crippen LogP contribution in [0.3, 0.4) is 0 Å². The van der Waals surface area contributed by atoms with Crippen molar-refractivity contribution in [2.24, 2.45) is 0 Å². The number of likely N-dealkylation sites (tertiary alicyclic amines) is 1. The summed E-state index contributed by atoms with van der Waals surface area (Å²) in [6.45, 7) is 2.79. The van der Waals surface area contributed by atoms with Gasteiger partial charge < -0.3 is 15.5 Å². The van der Waals surface area contributed by atoms with Crippen molar-refractivity contribution in [3.8, 4) is 0 Å². The first-order valence-electron chi connectivity index (χ1n) is 7.69. The molecule has 0 aromatic heterocycles. The van der Waals surface area contributed by atoms with Crippen LogP contribution in [0.25, 0.3) is 0 Å². The molecule has 2 rings (SSSR count). The van der Waals surface area contributed by atoms with Gasteiger partial charge in [0.1, 0.15) is 0 Å². The molecule has 0 unspecified atom stereocenters. The summed E-state index contributed by atoms with van der Waals surface area (Å²) < 4.78 is 1.05. The Hall–Kier alpha value is -1.56. The fraction of sp³-hybridized carbons (Fsp3) is 0.500. The smallest absolute Gasteiger partial charge is 0.314 e. The molecule has 2 N–H and O–H groups in total. The maximum Gasteiger partial charge on any atom is 0.314 e. The second-order valence-electron chi connectivity index (χ2n) is 5.40. The van der Waals surface area contributed by atoms with Crippen LogP contribution in [0.1, 0.15) is 24.8 Å². The number of urea groups is 1. The van der Waals surface area contributed by atoms with Crippen LogP contribution >= 0.6 is 15.9 Å². The van der Waals surface area contributed by atoms with E-state index in [1.165, 1.54) is 5.56 Å². The van der Waals surface area contributed by atoms with Gasteiger partial charge in [0.05, 0.1) is 0 Å². The number of nitrogens with zero attached hydrogens (tertiary/aromatic N) is 1. The fourth-order valence-corrected chi connectivity index (χ4v) is 2.93. The Morgan fingerprint density at radius 3 is 2.82 bits per heavy atom. The molecule has 1 aliphatic rings. The highest BCUT2D eigenvalue weighted by Crippen LogP contribution is 2.11. The van der Waals surface area contributed by atoms with E-state index < -0.39 is 0 Å². The molecule has 0 spiro atoms. The molecule has 0 saturated carbocycles. The molecule has 1 aliphatic heterocycles. The Labute approximate surface area is 139 Å². The number of hydrogen-bond acceptors (Lipinski definition) is 2. The summed E-state index contributed by atoms with van der Waals surface area (Å²) in [6.07, 6.45) is 3.23. The second kappa shape index (κ2) is 8.78. The third-order valence-electron chi connectivity index (χ3n) is 3.65. The zero-order chi connectivity index (χ0) is 15.8. The maximum absolute atomic E-state index is 11.6. The number of benzene rings is 1. The highest BCUT2D eigenvalue weighted by atomic mass is 79.9. The van der Waals surface area contributed by atoms with Crippen molar-refractivity contribution in [2.45, 2.75) is 25.7 Å². The highest BCUT2D eigenvalue weighted by molar-refractivity contribution is 9.10. The summed E-state index contributed by atoms with van der Waals surface area (Å²) in [7, 11) is 0. The lowest BCUT2D eigenvalue weighted by Crippen LogP contribution is -2.38. The lowest BCUT2D eigenvalue weighted by molar-refractivity contribution is -0.127. The van der Waals surface area contributed by atoms with E-state index in [0.717, 1.165) is 36.8 Å². The first kappa shape index (κ1) is 16.8. The number of nitrogens with one attached hydrogen (secondary N) is 2. The Bertz CT molecular complexity index is 522. The van der Waals surface area contributed by atoms with Gasteiger partial charge in [-0.1, -0.05) is 28.1 Å². The van der Waals surface area contributed by atoms with Crippen molar-refractivity contribution in [2.75, 3.05) is 26.2 Å². The minimum Gasteiger partial charge on any atom is -0.343 e. The van der Waals surface area contributed by atoms with Gasteiger partial charge in [-0.05, 0) is 37.0 Å². The molecule has 1 saturated heterocycles. The molecular weight excluding hydrogens is 346 g/mol. The molecule has 0 bridgehead atoms. The number of carbonyl (C=O) groups excluding carboxylic acids is 2. The van der Waals surface area contributed by atoms with Gasteiger partial charge in [0.25, 0.3) is 0 Å². The van der Waals surface area contributed by atoms with Gasteiger partial charge in [0.2, 0.25) is 5.91 Å². The minimum absolute atomic E-state index is 0.150. The minimum atomic E-state index is -0.150. The van der Waals surface area contributed by atoms with E-state index in [2.05, 4.69) is 26.6 Å². The van der Waals surface area contributed by atoms with E-state index in [1.807, 2.05) is 29.2 Å². The van der Waals surface area contributed by atoms with Crippen LogP contribution in [0.4, 0.5) is 4.79 Å². The first-order valence-corrected chi connectivity index (χ1v) is 8.48. The van der Waals surface area contributed by atoms with Crippen LogP contribution in [0.15, 0.2) is 28.7 Å². The lowest BCUT2D eigenvalue weighted by Gasteiger charge is -2.15. The predicted molar refractivity (Wildman–Crippen MR) is 89.7 cm³/mol. The Morgan fingerprint density at radius 1 is 1.27 bits per heavy atom. The lowest BCUT2D eigenvalue weighted by atomic mass is 10.1. The second-order valence-corrected chi connectivity index (χ2v) is 6.32. The summed E-state index contributed by atoms with van der Waals surface area (Å²) in [6, 6.07) is 7.90. The van der Waals surface area contributed by atoms with Crippen LogP contribution in [0.2, 0.25) is 0 Å². The van der Waals surface area contributed by atoms with Crippen LogP contribution in [-0.2, 0) is 11.2 Å². The average Bonchev–Trinajstić information content (AvgIpc) is 2.89. The normalized spacial score (nSPS) is 14.2. The molecule has 3 amide bonds. The van der Waals surface area contributed by atoms with E-state index in [9.17, 15) is 9.59 Å². The summed E-state index contributed by atoms with van der Waals surface area (Å²) in [5.41, 5.74) is 1.18. The molecule has 1 aromatic carbocycles. The predicted octanol–water partition coefficient (Wildman–Crippen LogP) is 2.30. The maximum atomic E-state index is 11.6. The fourth-order valence-electron chi connectivity index (χ4n) is 2.49. The standard InChI is InChI=1S/C16H22BrN3O2/c17-14-5-1-4-13(12-14)7-9-19-16(22)18-8-3-11-20-10-2-6-15(20)21/h1,4-5,12H,2-3,6-11H2,(H2,18,19,22). The molecule has 120 valence electrons. The third-order valence-corrected chi connectivity index (χ3v) is 4.14. The van der Waals surface area contributed by atoms with Crippen molar-refractivity contribution in [3.63, 3.8) is 0 Å². The van der Waals surface area contributed by atoms with Crippen molar-refractivity contribution in [1.82, 2.24) is 15.5 Å². The zero-order valence-corrected chi connectivity index (χ0v) is 14.2. The summed E-state index contributed by atoms with van der Waals surface area (Å²) in [5, 5.41) is 5.66. The van der Waals surface area contributed by atoms with Crippen molar-refractivity contribution in [3.05, 3.63) is 34.3 Å². The molecule has 0 atom stereocenters. The molecule has 1 aromatic rings. The molecule has 0 aliphatic carbocycles. The van der Waals surface area contributed by atoms with Gasteiger partial charge in [-0.15, -0.1) is 0 Å². The summed E-state index contributed by atoms with van der Waals surface area (Å²) in [5.74, 6) is 0.235. The Kier molecular flexibility index (Phi) is 6.71. The number of rotatable bonds is 7. The SMILES string of the molecule is O=C(NCCCN1CCCC1=O)NCCc1cccc(Br)c1. The highest BCUT2D eigenvalue weighted by Gasteiger charge is 2.18. The molecule has 6 heteroatoms. The van der Waals surface area contributed by atoms with Gasteiger partial charge in [-0.2, -0.15) is 0 Å². The number of halogens is 1. The van der Waals surface area contributed by atoms with E-state index >= 15 is 0 Å². The number of hydrogen-bond donors (Lipinski definition) is 2. The topological polar surface area (TPSA) is 61.4 Å². The van der Waals surface area contributed by atoms with Crippen molar-refractivity contribution in [1.29, 1.82) is 0 Å². The van der Waals surface area contributed by atoms with Crippen molar-refractivity contribution < 1.29 is 9.59 Å². The van der Waals surface area contributed by atoms with Gasteiger partial charge in [0.15, 0.2) is 0 Å². The van der Waals surface area contributed by atoms with Gasteiger partial charge in [-0.25, -0.2) is 4.79 Å². The van der Waals surface area contributed by atoms with Crippen molar-refractivity contribution >= 4 is 27.9 Å². The van der Waals surface area contributed by atoms with E-state index in [0.29, 0.717) is 19.5 Å². The van der Waals surface area contributed by atoms with E-state index in [-0.39, 0.29) is 11.9 Å². The van der Waals surface area contributed by atoms with Gasteiger partial charge in [-0.3, -0.25) is 4.79 Å². The summed E-state index contributed by atoms with van der Waals surface area (Å²) in [4.78, 5) is 24.9. The van der Waals surface area contributed by atoms with Crippen LogP contribution < -0.4 is 10.6 Å². The molecule has 0 radical (unpaired) electrons. The Morgan fingerprint density at radius 2 is 2.09 bits per heavy atom. The summed E-state index contributed by atoms with van der Waals surface area (Å²) >= 11 is 3.43. The first-order chi connectivity index (χ1) is 10.6. The molecule has 1 heterocycles. The number of carbonyl (C=O) groups is 2. The Balaban J connectivity index is 1.53. The largest absolute Gasteiger partial charge is 0.343 e. The number of amides is 3. The molecular formula is C16H22BrN3O2. The van der Waals surface area contributed by atoms with E-state index in [4.69, 9.17) is 0 Å².